The molecule has 0 radical (unpaired) electrons. The second-order valence-electron chi connectivity index (χ2n) is 3.63. The molecule has 0 spiro atoms. The second-order valence-corrected chi connectivity index (χ2v) is 3.63. The van der Waals surface area contributed by atoms with E-state index < -0.39 is 0 Å². The minimum Gasteiger partial charge on any atom is -0.399 e. The molecular formula is C10H16N2. The van der Waals surface area contributed by atoms with Crippen LogP contribution in [0, 0.1) is 12.8 Å². The van der Waals surface area contributed by atoms with Crippen molar-refractivity contribution in [2.75, 3.05) is 5.73 Å². The van der Waals surface area contributed by atoms with Gasteiger partial charge in [-0.05, 0) is 31.4 Å². The summed E-state index contributed by atoms with van der Waals surface area (Å²) < 4.78 is 0. The molecule has 0 aliphatic rings. The predicted octanol–water partition coefficient (Wildman–Crippen LogP) is 2.17. The summed E-state index contributed by atoms with van der Waals surface area (Å²) in [5, 5.41) is 0. The first-order chi connectivity index (χ1) is 5.58. The van der Waals surface area contributed by atoms with Gasteiger partial charge in [-0.1, -0.05) is 13.8 Å². The number of pyridine rings is 1. The Hall–Kier alpha value is -1.05. The van der Waals surface area contributed by atoms with E-state index in [1.807, 2.05) is 19.1 Å². The molecule has 66 valence electrons. The number of nitrogens with two attached hydrogens (primary N) is 1. The lowest BCUT2D eigenvalue weighted by atomic mass is 10.1. The third-order valence-corrected chi connectivity index (χ3v) is 1.65. The van der Waals surface area contributed by atoms with Crippen molar-refractivity contribution in [2.45, 2.75) is 27.2 Å². The van der Waals surface area contributed by atoms with Crippen molar-refractivity contribution in [3.05, 3.63) is 23.5 Å². The lowest BCUT2D eigenvalue weighted by molar-refractivity contribution is 0.634. The smallest absolute Gasteiger partial charge is 0.0429 e. The summed E-state index contributed by atoms with van der Waals surface area (Å²) in [5.41, 5.74) is 8.62. The van der Waals surface area contributed by atoms with Crippen molar-refractivity contribution in [1.29, 1.82) is 0 Å². The van der Waals surface area contributed by atoms with Gasteiger partial charge in [0.2, 0.25) is 0 Å². The van der Waals surface area contributed by atoms with Crippen LogP contribution in [0.15, 0.2) is 12.1 Å². The third kappa shape index (κ3) is 2.53. The van der Waals surface area contributed by atoms with E-state index >= 15 is 0 Å². The Labute approximate surface area is 73.8 Å². The molecule has 1 aromatic rings. The Balaban J connectivity index is 2.85. The summed E-state index contributed by atoms with van der Waals surface area (Å²) in [4.78, 5) is 4.39. The maximum atomic E-state index is 5.70. The highest BCUT2D eigenvalue weighted by Gasteiger charge is 2.00. The zero-order chi connectivity index (χ0) is 9.14. The first-order valence-electron chi connectivity index (χ1n) is 4.31. The number of aromatic nitrogens is 1. The predicted molar refractivity (Wildman–Crippen MR) is 51.9 cm³/mol. The zero-order valence-electron chi connectivity index (χ0n) is 7.96. The van der Waals surface area contributed by atoms with E-state index in [0.29, 0.717) is 5.92 Å². The van der Waals surface area contributed by atoms with Gasteiger partial charge in [0.15, 0.2) is 0 Å². The van der Waals surface area contributed by atoms with Crippen LogP contribution in [0.3, 0.4) is 0 Å². The fraction of sp³-hybridized carbons (Fsp3) is 0.500. The zero-order valence-corrected chi connectivity index (χ0v) is 7.96. The van der Waals surface area contributed by atoms with Crippen LogP contribution in [0.4, 0.5) is 5.69 Å². The van der Waals surface area contributed by atoms with Crippen LogP contribution in [-0.2, 0) is 6.42 Å². The fourth-order valence-electron chi connectivity index (χ4n) is 1.29. The highest BCUT2D eigenvalue weighted by molar-refractivity contribution is 5.39. The summed E-state index contributed by atoms with van der Waals surface area (Å²) in [5.74, 6) is 0.638. The lowest BCUT2D eigenvalue weighted by Crippen LogP contribution is -2.00. The van der Waals surface area contributed by atoms with Crippen LogP contribution < -0.4 is 5.73 Å². The summed E-state index contributed by atoms with van der Waals surface area (Å²) in [7, 11) is 0. The topological polar surface area (TPSA) is 38.9 Å². The molecule has 2 heteroatoms. The van der Waals surface area contributed by atoms with E-state index in [9.17, 15) is 0 Å². The van der Waals surface area contributed by atoms with Gasteiger partial charge in [0.05, 0.1) is 0 Å². The average Bonchev–Trinajstić information content (AvgIpc) is 1.81. The first-order valence-corrected chi connectivity index (χ1v) is 4.31. The van der Waals surface area contributed by atoms with E-state index in [-0.39, 0.29) is 0 Å². The van der Waals surface area contributed by atoms with Crippen molar-refractivity contribution >= 4 is 5.69 Å². The van der Waals surface area contributed by atoms with Gasteiger partial charge in [0, 0.05) is 17.1 Å². The SMILES string of the molecule is Cc1cc(N)cc(CC(C)C)n1. The Kier molecular flexibility index (Phi) is 2.69. The Morgan fingerprint density at radius 1 is 1.42 bits per heavy atom. The van der Waals surface area contributed by atoms with Gasteiger partial charge in [0.1, 0.15) is 0 Å². The van der Waals surface area contributed by atoms with Gasteiger partial charge >= 0.3 is 0 Å². The molecule has 0 aliphatic heterocycles. The van der Waals surface area contributed by atoms with Crippen LogP contribution in [0.2, 0.25) is 0 Å². The van der Waals surface area contributed by atoms with E-state index in [0.717, 1.165) is 23.5 Å². The number of rotatable bonds is 2. The normalized spacial score (nSPS) is 10.7. The summed E-state index contributed by atoms with van der Waals surface area (Å²) in [6.45, 7) is 6.33. The van der Waals surface area contributed by atoms with E-state index in [2.05, 4.69) is 18.8 Å². The maximum Gasteiger partial charge on any atom is 0.0429 e. The molecule has 1 heterocycles. The van der Waals surface area contributed by atoms with Crippen molar-refractivity contribution in [3.8, 4) is 0 Å². The molecule has 0 aromatic carbocycles. The first kappa shape index (κ1) is 9.04. The van der Waals surface area contributed by atoms with Gasteiger partial charge in [0.25, 0.3) is 0 Å². The molecule has 0 aliphatic carbocycles. The molecule has 0 bridgehead atoms. The van der Waals surface area contributed by atoms with Gasteiger partial charge in [-0.25, -0.2) is 0 Å². The Morgan fingerprint density at radius 2 is 2.08 bits per heavy atom. The highest BCUT2D eigenvalue weighted by atomic mass is 14.7. The monoisotopic (exact) mass is 164 g/mol. The molecule has 0 saturated heterocycles. The molecule has 1 aromatic heterocycles. The third-order valence-electron chi connectivity index (χ3n) is 1.65. The second kappa shape index (κ2) is 3.57. The summed E-state index contributed by atoms with van der Waals surface area (Å²) in [6, 6.07) is 3.84. The molecule has 0 amide bonds. The number of hydrogen-bond donors (Lipinski definition) is 1. The van der Waals surface area contributed by atoms with Crippen molar-refractivity contribution < 1.29 is 0 Å². The molecule has 0 fully saturated rings. The minimum absolute atomic E-state index is 0.638. The average molecular weight is 164 g/mol. The van der Waals surface area contributed by atoms with Crippen LogP contribution >= 0.6 is 0 Å². The molecule has 2 nitrogen and oxygen atoms in total. The number of aryl methyl sites for hydroxylation is 1. The van der Waals surface area contributed by atoms with Crippen molar-refractivity contribution in [3.63, 3.8) is 0 Å². The molecule has 1 rings (SSSR count). The molecule has 0 atom stereocenters. The molecule has 2 N–H and O–H groups in total. The van der Waals surface area contributed by atoms with Gasteiger partial charge < -0.3 is 5.73 Å². The summed E-state index contributed by atoms with van der Waals surface area (Å²) >= 11 is 0. The minimum atomic E-state index is 0.638. The quantitative estimate of drug-likeness (QED) is 0.727. The van der Waals surface area contributed by atoms with Crippen LogP contribution in [0.1, 0.15) is 25.2 Å². The van der Waals surface area contributed by atoms with Crippen LogP contribution in [-0.4, -0.2) is 4.98 Å². The highest BCUT2D eigenvalue weighted by Crippen LogP contribution is 2.10. The number of nitrogen functional groups attached to an aromatic ring is 1. The van der Waals surface area contributed by atoms with Crippen molar-refractivity contribution in [2.24, 2.45) is 5.92 Å². The Bertz CT molecular complexity index is 246. The Morgan fingerprint density at radius 3 is 2.58 bits per heavy atom. The lowest BCUT2D eigenvalue weighted by Gasteiger charge is -2.05. The maximum absolute atomic E-state index is 5.70. The number of anilines is 1. The molecule has 0 saturated carbocycles. The van der Waals surface area contributed by atoms with Crippen LogP contribution in [0.25, 0.3) is 0 Å². The van der Waals surface area contributed by atoms with E-state index in [4.69, 9.17) is 5.73 Å². The largest absolute Gasteiger partial charge is 0.399 e. The van der Waals surface area contributed by atoms with Gasteiger partial charge in [-0.15, -0.1) is 0 Å². The number of hydrogen-bond acceptors (Lipinski definition) is 2. The molecule has 0 unspecified atom stereocenters. The van der Waals surface area contributed by atoms with E-state index in [1.54, 1.807) is 0 Å². The summed E-state index contributed by atoms with van der Waals surface area (Å²) in [6.07, 6.45) is 1.01. The molecule has 12 heavy (non-hydrogen) atoms. The van der Waals surface area contributed by atoms with Gasteiger partial charge in [-0.2, -0.15) is 0 Å². The van der Waals surface area contributed by atoms with Crippen molar-refractivity contribution in [1.82, 2.24) is 4.98 Å². The van der Waals surface area contributed by atoms with Gasteiger partial charge in [-0.3, -0.25) is 4.98 Å². The van der Waals surface area contributed by atoms with E-state index in [1.165, 1.54) is 0 Å². The molecular weight excluding hydrogens is 148 g/mol. The standard InChI is InChI=1S/C10H16N2/c1-7(2)4-10-6-9(11)5-8(3)12-10/h5-7H,4H2,1-3H3,(H2,11,12). The number of nitrogens with zero attached hydrogens (tertiary/aromatic N) is 1. The van der Waals surface area contributed by atoms with Crippen LogP contribution in [0.5, 0.6) is 0 Å². The fourth-order valence-corrected chi connectivity index (χ4v) is 1.29.